The summed E-state index contributed by atoms with van der Waals surface area (Å²) < 4.78 is 5.26. The molecule has 0 aromatic heterocycles. The van der Waals surface area contributed by atoms with Crippen molar-refractivity contribution in [2.75, 3.05) is 6.54 Å². The van der Waals surface area contributed by atoms with Gasteiger partial charge in [-0.25, -0.2) is 4.79 Å². The molecule has 4 nitrogen and oxygen atoms in total. The lowest BCUT2D eigenvalue weighted by Gasteiger charge is -2.25. The third-order valence-electron chi connectivity index (χ3n) is 3.67. The summed E-state index contributed by atoms with van der Waals surface area (Å²) in [5, 5.41) is 6.47. The molecule has 1 saturated carbocycles. The van der Waals surface area contributed by atoms with Gasteiger partial charge in [0.1, 0.15) is 5.60 Å². The smallest absolute Gasteiger partial charge is 0.407 e. The Labute approximate surface area is 133 Å². The highest BCUT2D eigenvalue weighted by molar-refractivity contribution is 5.67. The van der Waals surface area contributed by atoms with Gasteiger partial charge in [-0.1, -0.05) is 30.3 Å². The van der Waals surface area contributed by atoms with E-state index >= 15 is 0 Å². The maximum absolute atomic E-state index is 11.7. The second-order valence-electron chi connectivity index (χ2n) is 7.18. The molecule has 2 N–H and O–H groups in total. The molecule has 1 aliphatic carbocycles. The van der Waals surface area contributed by atoms with Gasteiger partial charge in [0.25, 0.3) is 0 Å². The van der Waals surface area contributed by atoms with E-state index < -0.39 is 5.60 Å². The lowest BCUT2D eigenvalue weighted by Crippen LogP contribution is -2.42. The maximum Gasteiger partial charge on any atom is 0.407 e. The molecule has 0 saturated heterocycles. The van der Waals surface area contributed by atoms with Crippen molar-refractivity contribution in [2.24, 2.45) is 5.92 Å². The number of ether oxygens (including phenoxy) is 1. The van der Waals surface area contributed by atoms with Crippen LogP contribution in [0.25, 0.3) is 0 Å². The monoisotopic (exact) mass is 304 g/mol. The summed E-state index contributed by atoms with van der Waals surface area (Å²) in [6, 6.07) is 11.1. The molecule has 0 spiro atoms. The van der Waals surface area contributed by atoms with Crippen molar-refractivity contribution in [1.82, 2.24) is 10.6 Å². The van der Waals surface area contributed by atoms with E-state index in [0.717, 1.165) is 0 Å². The Morgan fingerprint density at radius 3 is 2.45 bits per heavy atom. The van der Waals surface area contributed by atoms with Crippen LogP contribution in [0.1, 0.15) is 52.1 Å². The Hall–Kier alpha value is -1.55. The molecule has 2 rings (SSSR count). The van der Waals surface area contributed by atoms with Gasteiger partial charge in [0.05, 0.1) is 0 Å². The van der Waals surface area contributed by atoms with Gasteiger partial charge in [-0.15, -0.1) is 0 Å². The van der Waals surface area contributed by atoms with E-state index in [1.165, 1.54) is 18.4 Å². The van der Waals surface area contributed by atoms with Gasteiger partial charge in [0, 0.05) is 18.6 Å². The number of alkyl carbamates (subject to hydrolysis) is 1. The van der Waals surface area contributed by atoms with Crippen LogP contribution in [0.15, 0.2) is 30.3 Å². The number of carbonyl (C=O) groups excluding carboxylic acids is 1. The van der Waals surface area contributed by atoms with Gasteiger partial charge >= 0.3 is 6.09 Å². The van der Waals surface area contributed by atoms with Crippen LogP contribution in [0.3, 0.4) is 0 Å². The predicted octanol–water partition coefficient (Wildman–Crippen LogP) is 3.64. The first-order valence-electron chi connectivity index (χ1n) is 8.13. The lowest BCUT2D eigenvalue weighted by molar-refractivity contribution is 0.0522. The average molecular weight is 304 g/mol. The van der Waals surface area contributed by atoms with E-state index in [1.807, 2.05) is 26.8 Å². The van der Waals surface area contributed by atoms with Crippen molar-refractivity contribution >= 4 is 6.09 Å². The molecule has 122 valence electrons. The fourth-order valence-electron chi connectivity index (χ4n) is 2.51. The van der Waals surface area contributed by atoms with Gasteiger partial charge in [-0.05, 0) is 52.0 Å². The van der Waals surface area contributed by atoms with E-state index in [0.29, 0.717) is 18.5 Å². The summed E-state index contributed by atoms with van der Waals surface area (Å²) in [6.07, 6.45) is 2.20. The van der Waals surface area contributed by atoms with E-state index in [9.17, 15) is 4.79 Å². The molecule has 0 aliphatic heterocycles. The zero-order valence-electron chi connectivity index (χ0n) is 14.1. The minimum atomic E-state index is -0.457. The van der Waals surface area contributed by atoms with Crippen molar-refractivity contribution in [3.05, 3.63) is 35.9 Å². The summed E-state index contributed by atoms with van der Waals surface area (Å²) in [5.41, 5.74) is 0.871. The molecule has 1 aromatic carbocycles. The minimum Gasteiger partial charge on any atom is -0.444 e. The van der Waals surface area contributed by atoms with Crippen LogP contribution >= 0.6 is 0 Å². The van der Waals surface area contributed by atoms with E-state index in [1.54, 1.807) is 0 Å². The number of carbonyl (C=O) groups is 1. The van der Waals surface area contributed by atoms with Crippen LogP contribution in [0.4, 0.5) is 4.79 Å². The molecule has 0 radical (unpaired) electrons. The van der Waals surface area contributed by atoms with Crippen LogP contribution in [0.5, 0.6) is 0 Å². The lowest BCUT2D eigenvalue weighted by atomic mass is 10.0. The largest absolute Gasteiger partial charge is 0.444 e. The number of benzene rings is 1. The molecule has 1 amide bonds. The number of rotatable bonds is 6. The normalized spacial score (nSPS) is 17.6. The first-order valence-corrected chi connectivity index (χ1v) is 8.13. The summed E-state index contributed by atoms with van der Waals surface area (Å²) in [6.45, 7) is 8.26. The summed E-state index contributed by atoms with van der Waals surface area (Å²) in [7, 11) is 0. The first kappa shape index (κ1) is 16.8. The second-order valence-corrected chi connectivity index (χ2v) is 7.18. The molecule has 1 fully saturated rings. The Balaban J connectivity index is 1.82. The fourth-order valence-corrected chi connectivity index (χ4v) is 2.51. The third-order valence-corrected chi connectivity index (χ3v) is 3.67. The van der Waals surface area contributed by atoms with Crippen molar-refractivity contribution in [3.8, 4) is 0 Å². The molecule has 22 heavy (non-hydrogen) atoms. The van der Waals surface area contributed by atoms with E-state index in [-0.39, 0.29) is 12.1 Å². The topological polar surface area (TPSA) is 50.4 Å². The highest BCUT2D eigenvalue weighted by Crippen LogP contribution is 2.41. The summed E-state index contributed by atoms with van der Waals surface area (Å²) in [4.78, 5) is 11.7. The third kappa shape index (κ3) is 5.68. The quantitative estimate of drug-likeness (QED) is 0.843. The number of hydrogen-bond acceptors (Lipinski definition) is 3. The van der Waals surface area contributed by atoms with E-state index in [2.05, 4.69) is 41.8 Å². The molecule has 2 atom stereocenters. The summed E-state index contributed by atoms with van der Waals surface area (Å²) >= 11 is 0. The molecule has 0 bridgehead atoms. The van der Waals surface area contributed by atoms with Crippen LogP contribution in [0, 0.1) is 5.92 Å². The Morgan fingerprint density at radius 2 is 1.91 bits per heavy atom. The standard InChI is InChI=1S/C18H28N2O2/c1-13(12-19-17(21)22-18(2,3)4)20-16(15-10-11-15)14-8-6-5-7-9-14/h5-9,13,15-16,20H,10-12H2,1-4H3,(H,19,21). The van der Waals surface area contributed by atoms with Gasteiger partial charge in [0.15, 0.2) is 0 Å². The van der Waals surface area contributed by atoms with Gasteiger partial charge < -0.3 is 15.4 Å². The van der Waals surface area contributed by atoms with Crippen LogP contribution in [-0.4, -0.2) is 24.3 Å². The van der Waals surface area contributed by atoms with E-state index in [4.69, 9.17) is 4.74 Å². The first-order chi connectivity index (χ1) is 10.3. The average Bonchev–Trinajstić information content (AvgIpc) is 3.26. The number of hydrogen-bond donors (Lipinski definition) is 2. The zero-order valence-corrected chi connectivity index (χ0v) is 14.1. The number of amides is 1. The molecule has 0 heterocycles. The number of nitrogens with one attached hydrogen (secondary N) is 2. The molecule has 4 heteroatoms. The zero-order chi connectivity index (χ0) is 16.2. The Bertz CT molecular complexity index is 478. The fraction of sp³-hybridized carbons (Fsp3) is 0.611. The molecule has 1 aliphatic rings. The summed E-state index contributed by atoms with van der Waals surface area (Å²) in [5.74, 6) is 0.714. The Kier molecular flexibility index (Phi) is 5.46. The molecule has 2 unspecified atom stereocenters. The van der Waals surface area contributed by atoms with Gasteiger partial charge in [-0.2, -0.15) is 0 Å². The SMILES string of the molecule is CC(CNC(=O)OC(C)(C)C)NC(c1ccccc1)C1CC1. The van der Waals surface area contributed by atoms with Gasteiger partial charge in [0.2, 0.25) is 0 Å². The van der Waals surface area contributed by atoms with Crippen molar-refractivity contribution in [1.29, 1.82) is 0 Å². The van der Waals surface area contributed by atoms with Crippen LogP contribution < -0.4 is 10.6 Å². The molecular formula is C18H28N2O2. The van der Waals surface area contributed by atoms with Gasteiger partial charge in [-0.3, -0.25) is 0 Å². The highest BCUT2D eigenvalue weighted by atomic mass is 16.6. The van der Waals surface area contributed by atoms with Crippen molar-refractivity contribution in [2.45, 2.75) is 58.2 Å². The van der Waals surface area contributed by atoms with Crippen molar-refractivity contribution in [3.63, 3.8) is 0 Å². The molecular weight excluding hydrogens is 276 g/mol. The van der Waals surface area contributed by atoms with Crippen LogP contribution in [-0.2, 0) is 4.74 Å². The maximum atomic E-state index is 11.7. The minimum absolute atomic E-state index is 0.193. The predicted molar refractivity (Wildman–Crippen MR) is 88.7 cm³/mol. The molecule has 1 aromatic rings. The second kappa shape index (κ2) is 7.14. The Morgan fingerprint density at radius 1 is 1.27 bits per heavy atom. The van der Waals surface area contributed by atoms with Crippen LogP contribution in [0.2, 0.25) is 0 Å². The highest BCUT2D eigenvalue weighted by Gasteiger charge is 2.32. The van der Waals surface area contributed by atoms with Crippen molar-refractivity contribution < 1.29 is 9.53 Å².